The van der Waals surface area contributed by atoms with Crippen molar-refractivity contribution in [2.45, 2.75) is 6.54 Å². The summed E-state index contributed by atoms with van der Waals surface area (Å²) in [5.74, 6) is -1.02. The molecular weight excluding hydrogens is 320 g/mol. The van der Waals surface area contributed by atoms with Gasteiger partial charge in [-0.1, -0.05) is 0 Å². The molecule has 0 radical (unpaired) electrons. The van der Waals surface area contributed by atoms with Crippen LogP contribution < -0.4 is 0 Å². The lowest BCUT2D eigenvalue weighted by atomic mass is 10.2. The van der Waals surface area contributed by atoms with Crippen molar-refractivity contribution < 1.29 is 19.2 Å². The van der Waals surface area contributed by atoms with E-state index in [2.05, 4.69) is 0 Å². The maximum atomic E-state index is 11.9. The third-order valence-electron chi connectivity index (χ3n) is 3.07. The predicted octanol–water partition coefficient (Wildman–Crippen LogP) is 2.47. The van der Waals surface area contributed by atoms with Gasteiger partial charge in [0.05, 0.1) is 10.5 Å². The molecule has 2 aromatic rings. The standard InChI is InChI=1S/C15H14N2O5S/c1-16(8-11-6-7-23-10-11)14(18)9-22-15(19)12-2-4-13(5-3-12)17(20)21/h2-7,10H,8-9H2,1H3. The van der Waals surface area contributed by atoms with Crippen LogP contribution in [0.3, 0.4) is 0 Å². The van der Waals surface area contributed by atoms with Crippen LogP contribution in [-0.4, -0.2) is 35.4 Å². The van der Waals surface area contributed by atoms with Crippen molar-refractivity contribution >= 4 is 28.9 Å². The van der Waals surface area contributed by atoms with Crippen molar-refractivity contribution in [1.82, 2.24) is 4.90 Å². The summed E-state index contributed by atoms with van der Waals surface area (Å²) < 4.78 is 4.93. The molecule has 1 aromatic heterocycles. The summed E-state index contributed by atoms with van der Waals surface area (Å²) >= 11 is 1.54. The molecule has 0 atom stereocenters. The van der Waals surface area contributed by atoms with Crippen LogP contribution in [0.1, 0.15) is 15.9 Å². The molecule has 0 N–H and O–H groups in total. The number of esters is 1. The van der Waals surface area contributed by atoms with E-state index in [-0.39, 0.29) is 23.8 Å². The normalized spacial score (nSPS) is 10.1. The molecule has 1 aromatic carbocycles. The Labute approximate surface area is 136 Å². The van der Waals surface area contributed by atoms with E-state index < -0.39 is 10.9 Å². The maximum Gasteiger partial charge on any atom is 0.338 e. The van der Waals surface area contributed by atoms with Crippen LogP contribution in [-0.2, 0) is 16.1 Å². The molecule has 0 spiro atoms. The number of thiophene rings is 1. The van der Waals surface area contributed by atoms with Gasteiger partial charge < -0.3 is 9.64 Å². The molecule has 120 valence electrons. The molecule has 0 aliphatic rings. The molecule has 0 aliphatic carbocycles. The Morgan fingerprint density at radius 1 is 1.26 bits per heavy atom. The highest BCUT2D eigenvalue weighted by molar-refractivity contribution is 7.07. The van der Waals surface area contributed by atoms with E-state index in [9.17, 15) is 19.7 Å². The quantitative estimate of drug-likeness (QED) is 0.460. The monoisotopic (exact) mass is 334 g/mol. The topological polar surface area (TPSA) is 89.8 Å². The van der Waals surface area contributed by atoms with Crippen LogP contribution in [0.5, 0.6) is 0 Å². The van der Waals surface area contributed by atoms with Gasteiger partial charge in [0.1, 0.15) is 0 Å². The fourth-order valence-corrected chi connectivity index (χ4v) is 2.44. The Morgan fingerprint density at radius 3 is 2.52 bits per heavy atom. The molecule has 23 heavy (non-hydrogen) atoms. The first-order valence-electron chi connectivity index (χ1n) is 6.64. The van der Waals surface area contributed by atoms with Gasteiger partial charge in [-0.25, -0.2) is 4.79 Å². The number of non-ortho nitro benzene ring substituents is 1. The smallest absolute Gasteiger partial charge is 0.338 e. The van der Waals surface area contributed by atoms with Crippen LogP contribution in [0.4, 0.5) is 5.69 Å². The largest absolute Gasteiger partial charge is 0.452 e. The van der Waals surface area contributed by atoms with Crippen molar-refractivity contribution in [3.63, 3.8) is 0 Å². The van der Waals surface area contributed by atoms with E-state index >= 15 is 0 Å². The Balaban J connectivity index is 1.85. The van der Waals surface area contributed by atoms with Crippen LogP contribution in [0.25, 0.3) is 0 Å². The number of carbonyl (C=O) groups is 2. The van der Waals surface area contributed by atoms with Gasteiger partial charge in [-0.05, 0) is 34.5 Å². The SMILES string of the molecule is CN(Cc1ccsc1)C(=O)COC(=O)c1ccc([N+](=O)[O-])cc1. The third-order valence-corrected chi connectivity index (χ3v) is 3.80. The van der Waals surface area contributed by atoms with E-state index in [0.717, 1.165) is 5.56 Å². The van der Waals surface area contributed by atoms with Crippen LogP contribution in [0, 0.1) is 10.1 Å². The van der Waals surface area contributed by atoms with Gasteiger partial charge in [0.2, 0.25) is 0 Å². The second-order valence-electron chi connectivity index (χ2n) is 4.76. The van der Waals surface area contributed by atoms with E-state index in [4.69, 9.17) is 4.74 Å². The molecule has 0 saturated carbocycles. The van der Waals surface area contributed by atoms with Crippen LogP contribution in [0.15, 0.2) is 41.1 Å². The number of hydrogen-bond acceptors (Lipinski definition) is 6. The van der Waals surface area contributed by atoms with E-state index in [1.54, 1.807) is 18.4 Å². The summed E-state index contributed by atoms with van der Waals surface area (Å²) in [6.07, 6.45) is 0. The van der Waals surface area contributed by atoms with Gasteiger partial charge in [-0.3, -0.25) is 14.9 Å². The molecule has 0 aliphatic heterocycles. The van der Waals surface area contributed by atoms with Crippen LogP contribution in [0.2, 0.25) is 0 Å². The van der Waals surface area contributed by atoms with Gasteiger partial charge in [0, 0.05) is 25.7 Å². The average Bonchev–Trinajstić information content (AvgIpc) is 3.05. The van der Waals surface area contributed by atoms with Crippen LogP contribution >= 0.6 is 11.3 Å². The van der Waals surface area contributed by atoms with Gasteiger partial charge >= 0.3 is 5.97 Å². The average molecular weight is 334 g/mol. The number of amides is 1. The minimum atomic E-state index is -0.697. The number of nitro benzene ring substituents is 1. The highest BCUT2D eigenvalue weighted by Gasteiger charge is 2.15. The first-order chi connectivity index (χ1) is 11.0. The highest BCUT2D eigenvalue weighted by atomic mass is 32.1. The number of carbonyl (C=O) groups excluding carboxylic acids is 2. The molecule has 1 amide bonds. The first kappa shape index (κ1) is 16.6. The lowest BCUT2D eigenvalue weighted by Gasteiger charge is -2.16. The fourth-order valence-electron chi connectivity index (χ4n) is 1.78. The third kappa shape index (κ3) is 4.62. The lowest BCUT2D eigenvalue weighted by molar-refractivity contribution is -0.384. The highest BCUT2D eigenvalue weighted by Crippen LogP contribution is 2.13. The minimum Gasteiger partial charge on any atom is -0.452 e. The van der Waals surface area contributed by atoms with Crippen molar-refractivity contribution in [2.75, 3.05) is 13.7 Å². The van der Waals surface area contributed by atoms with E-state index in [1.807, 2.05) is 16.8 Å². The second kappa shape index (κ2) is 7.50. The Kier molecular flexibility index (Phi) is 5.42. The number of rotatable bonds is 6. The predicted molar refractivity (Wildman–Crippen MR) is 84.2 cm³/mol. The zero-order valence-electron chi connectivity index (χ0n) is 12.3. The Morgan fingerprint density at radius 2 is 1.96 bits per heavy atom. The number of hydrogen-bond donors (Lipinski definition) is 0. The maximum absolute atomic E-state index is 11.9. The summed E-state index contributed by atoms with van der Waals surface area (Å²) in [5, 5.41) is 14.4. The molecule has 0 bridgehead atoms. The summed E-state index contributed by atoms with van der Waals surface area (Å²) in [7, 11) is 1.62. The second-order valence-corrected chi connectivity index (χ2v) is 5.54. The molecule has 1 heterocycles. The van der Waals surface area contributed by atoms with Crippen molar-refractivity contribution in [3.05, 3.63) is 62.3 Å². The van der Waals surface area contributed by atoms with Crippen molar-refractivity contribution in [3.8, 4) is 0 Å². The van der Waals surface area contributed by atoms with Gasteiger partial charge in [-0.2, -0.15) is 11.3 Å². The molecule has 0 fully saturated rings. The van der Waals surface area contributed by atoms with E-state index in [0.29, 0.717) is 6.54 Å². The van der Waals surface area contributed by atoms with Gasteiger partial charge in [0.15, 0.2) is 6.61 Å². The summed E-state index contributed by atoms with van der Waals surface area (Å²) in [5.41, 5.74) is 1.05. The summed E-state index contributed by atoms with van der Waals surface area (Å²) in [4.78, 5) is 35.2. The van der Waals surface area contributed by atoms with Crippen molar-refractivity contribution in [2.24, 2.45) is 0 Å². The lowest BCUT2D eigenvalue weighted by Crippen LogP contribution is -2.30. The molecule has 0 saturated heterocycles. The number of likely N-dealkylation sites (N-methyl/N-ethyl adjacent to an activating group) is 1. The molecule has 0 unspecified atom stereocenters. The zero-order chi connectivity index (χ0) is 16.8. The van der Waals surface area contributed by atoms with Gasteiger partial charge in [-0.15, -0.1) is 0 Å². The zero-order valence-corrected chi connectivity index (χ0v) is 13.1. The van der Waals surface area contributed by atoms with Gasteiger partial charge in [0.25, 0.3) is 11.6 Å². The molecule has 2 rings (SSSR count). The number of nitro groups is 1. The number of nitrogens with zero attached hydrogens (tertiary/aromatic N) is 2. The van der Waals surface area contributed by atoms with E-state index in [1.165, 1.54) is 29.2 Å². The van der Waals surface area contributed by atoms with Crippen molar-refractivity contribution in [1.29, 1.82) is 0 Å². The minimum absolute atomic E-state index is 0.117. The molecule has 8 heteroatoms. The Hall–Kier alpha value is -2.74. The number of benzene rings is 1. The fraction of sp³-hybridized carbons (Fsp3) is 0.200. The first-order valence-corrected chi connectivity index (χ1v) is 7.58. The summed E-state index contributed by atoms with van der Waals surface area (Å²) in [6.45, 7) is 0.0634. The molecule has 7 nitrogen and oxygen atoms in total. The Bertz CT molecular complexity index is 697. The molecular formula is C15H14N2O5S. The number of ether oxygens (including phenoxy) is 1. The summed E-state index contributed by atoms with van der Waals surface area (Å²) in [6, 6.07) is 6.92.